The Kier molecular flexibility index (Phi) is 4.92. The summed E-state index contributed by atoms with van der Waals surface area (Å²) in [5.41, 5.74) is 1.19. The SMILES string of the molecule is CC(C)CC1(Cc2ccc(OC(C)C)cc2)CCC(=O)N1. The maximum atomic E-state index is 11.7. The predicted octanol–water partition coefficient (Wildman–Crippen LogP) is 3.71. The first-order chi connectivity index (χ1) is 9.88. The summed E-state index contributed by atoms with van der Waals surface area (Å²) < 4.78 is 5.68. The van der Waals surface area contributed by atoms with Crippen LogP contribution in [0.15, 0.2) is 24.3 Å². The lowest BCUT2D eigenvalue weighted by Gasteiger charge is -2.31. The molecule has 0 bridgehead atoms. The van der Waals surface area contributed by atoms with Gasteiger partial charge in [-0.05, 0) is 56.7 Å². The summed E-state index contributed by atoms with van der Waals surface area (Å²) in [6.07, 6.45) is 3.72. The second kappa shape index (κ2) is 6.50. The highest BCUT2D eigenvalue weighted by Gasteiger charge is 2.37. The van der Waals surface area contributed by atoms with E-state index in [1.54, 1.807) is 0 Å². The van der Waals surface area contributed by atoms with Gasteiger partial charge in [0, 0.05) is 12.0 Å². The van der Waals surface area contributed by atoms with Crippen molar-refractivity contribution >= 4 is 5.91 Å². The summed E-state index contributed by atoms with van der Waals surface area (Å²) in [4.78, 5) is 11.7. The summed E-state index contributed by atoms with van der Waals surface area (Å²) in [5, 5.41) is 3.22. The summed E-state index contributed by atoms with van der Waals surface area (Å²) in [6, 6.07) is 8.28. The fourth-order valence-electron chi connectivity index (χ4n) is 3.26. The minimum atomic E-state index is -0.0638. The van der Waals surface area contributed by atoms with Gasteiger partial charge in [0.15, 0.2) is 0 Å². The normalized spacial score (nSPS) is 21.9. The van der Waals surface area contributed by atoms with Crippen molar-refractivity contribution < 1.29 is 9.53 Å². The van der Waals surface area contributed by atoms with Gasteiger partial charge in [0.05, 0.1) is 6.10 Å². The molecule has 1 fully saturated rings. The molecule has 0 radical (unpaired) electrons. The van der Waals surface area contributed by atoms with Crippen LogP contribution in [0.3, 0.4) is 0 Å². The van der Waals surface area contributed by atoms with Gasteiger partial charge < -0.3 is 10.1 Å². The molecule has 0 aromatic heterocycles. The van der Waals surface area contributed by atoms with Crippen LogP contribution in [0.25, 0.3) is 0 Å². The van der Waals surface area contributed by atoms with Gasteiger partial charge in [-0.25, -0.2) is 0 Å². The first-order valence-corrected chi connectivity index (χ1v) is 7.95. The molecule has 1 aromatic rings. The topological polar surface area (TPSA) is 38.3 Å². The van der Waals surface area contributed by atoms with Gasteiger partial charge in [0.25, 0.3) is 0 Å². The highest BCUT2D eigenvalue weighted by molar-refractivity contribution is 5.79. The van der Waals surface area contributed by atoms with E-state index in [1.807, 2.05) is 26.0 Å². The molecule has 1 aliphatic heterocycles. The van der Waals surface area contributed by atoms with Crippen LogP contribution in [0.4, 0.5) is 0 Å². The molecule has 1 aliphatic rings. The van der Waals surface area contributed by atoms with Crippen molar-refractivity contribution in [1.29, 1.82) is 0 Å². The molecular weight excluding hydrogens is 262 g/mol. The second-order valence-electron chi connectivity index (χ2n) is 6.91. The van der Waals surface area contributed by atoms with Crippen LogP contribution in [0.2, 0.25) is 0 Å². The number of hydrogen-bond donors (Lipinski definition) is 1. The molecule has 2 rings (SSSR count). The number of amides is 1. The largest absolute Gasteiger partial charge is 0.491 e. The summed E-state index contributed by atoms with van der Waals surface area (Å²) >= 11 is 0. The van der Waals surface area contributed by atoms with Crippen molar-refractivity contribution in [3.8, 4) is 5.75 Å². The minimum absolute atomic E-state index is 0.0638. The van der Waals surface area contributed by atoms with E-state index in [2.05, 4.69) is 31.3 Å². The maximum absolute atomic E-state index is 11.7. The van der Waals surface area contributed by atoms with Gasteiger partial charge in [-0.1, -0.05) is 26.0 Å². The van der Waals surface area contributed by atoms with Crippen LogP contribution in [-0.4, -0.2) is 17.6 Å². The van der Waals surface area contributed by atoms with Crippen LogP contribution >= 0.6 is 0 Å². The lowest BCUT2D eigenvalue weighted by atomic mass is 9.82. The van der Waals surface area contributed by atoms with Crippen LogP contribution in [0, 0.1) is 5.92 Å². The monoisotopic (exact) mass is 289 g/mol. The third-order valence-electron chi connectivity index (χ3n) is 3.87. The Morgan fingerprint density at radius 3 is 2.33 bits per heavy atom. The molecule has 1 heterocycles. The molecular formula is C18H27NO2. The molecule has 0 spiro atoms. The third kappa shape index (κ3) is 4.48. The molecule has 1 atom stereocenters. The average molecular weight is 289 g/mol. The number of ether oxygens (including phenoxy) is 1. The maximum Gasteiger partial charge on any atom is 0.220 e. The van der Waals surface area contributed by atoms with E-state index in [0.29, 0.717) is 12.3 Å². The molecule has 1 aromatic carbocycles. The van der Waals surface area contributed by atoms with Gasteiger partial charge in [-0.2, -0.15) is 0 Å². The van der Waals surface area contributed by atoms with Crippen LogP contribution < -0.4 is 10.1 Å². The van der Waals surface area contributed by atoms with Crippen molar-refractivity contribution in [1.82, 2.24) is 5.32 Å². The Morgan fingerprint density at radius 1 is 1.19 bits per heavy atom. The van der Waals surface area contributed by atoms with Crippen LogP contribution in [-0.2, 0) is 11.2 Å². The van der Waals surface area contributed by atoms with E-state index in [4.69, 9.17) is 4.74 Å². The number of carbonyl (C=O) groups excluding carboxylic acids is 1. The highest BCUT2D eigenvalue weighted by atomic mass is 16.5. The van der Waals surface area contributed by atoms with Gasteiger partial charge in [0.1, 0.15) is 5.75 Å². The number of hydrogen-bond acceptors (Lipinski definition) is 2. The van der Waals surface area contributed by atoms with Crippen molar-refractivity contribution in [2.24, 2.45) is 5.92 Å². The molecule has 1 saturated heterocycles. The first-order valence-electron chi connectivity index (χ1n) is 7.95. The molecule has 3 nitrogen and oxygen atoms in total. The Balaban J connectivity index is 2.08. The molecule has 3 heteroatoms. The third-order valence-corrected chi connectivity index (χ3v) is 3.87. The molecule has 0 saturated carbocycles. The quantitative estimate of drug-likeness (QED) is 0.867. The number of benzene rings is 1. The number of nitrogens with one attached hydrogen (secondary N) is 1. The van der Waals surface area contributed by atoms with Gasteiger partial charge >= 0.3 is 0 Å². The van der Waals surface area contributed by atoms with Crippen molar-refractivity contribution in [3.63, 3.8) is 0 Å². The van der Waals surface area contributed by atoms with Gasteiger partial charge in [-0.3, -0.25) is 4.79 Å². The lowest BCUT2D eigenvalue weighted by Crippen LogP contribution is -2.44. The van der Waals surface area contributed by atoms with Crippen molar-refractivity contribution in [2.75, 3.05) is 0 Å². The average Bonchev–Trinajstić information content (AvgIpc) is 2.71. The number of rotatable bonds is 6. The highest BCUT2D eigenvalue weighted by Crippen LogP contribution is 2.31. The summed E-state index contributed by atoms with van der Waals surface area (Å²) in [5.74, 6) is 1.67. The van der Waals surface area contributed by atoms with E-state index in [-0.39, 0.29) is 17.6 Å². The molecule has 0 aliphatic carbocycles. The molecule has 116 valence electrons. The second-order valence-corrected chi connectivity index (χ2v) is 6.91. The van der Waals surface area contributed by atoms with E-state index in [1.165, 1.54) is 5.56 Å². The molecule has 1 unspecified atom stereocenters. The fraction of sp³-hybridized carbons (Fsp3) is 0.611. The van der Waals surface area contributed by atoms with Crippen molar-refractivity contribution in [3.05, 3.63) is 29.8 Å². The summed E-state index contributed by atoms with van der Waals surface area (Å²) in [6.45, 7) is 8.48. The van der Waals surface area contributed by atoms with Crippen molar-refractivity contribution in [2.45, 2.75) is 65.0 Å². The van der Waals surface area contributed by atoms with E-state index in [9.17, 15) is 4.79 Å². The van der Waals surface area contributed by atoms with Crippen LogP contribution in [0.1, 0.15) is 52.5 Å². The number of carbonyl (C=O) groups is 1. The minimum Gasteiger partial charge on any atom is -0.491 e. The Morgan fingerprint density at radius 2 is 1.86 bits per heavy atom. The lowest BCUT2D eigenvalue weighted by molar-refractivity contribution is -0.119. The van der Waals surface area contributed by atoms with E-state index >= 15 is 0 Å². The zero-order chi connectivity index (χ0) is 15.5. The molecule has 1 N–H and O–H groups in total. The standard InChI is InChI=1S/C18H27NO2/c1-13(2)11-18(10-9-17(20)19-18)12-15-5-7-16(8-6-15)21-14(3)4/h5-8,13-14H,9-12H2,1-4H3,(H,19,20). The van der Waals surface area contributed by atoms with Crippen LogP contribution in [0.5, 0.6) is 5.75 Å². The summed E-state index contributed by atoms with van der Waals surface area (Å²) in [7, 11) is 0. The van der Waals surface area contributed by atoms with E-state index < -0.39 is 0 Å². The Hall–Kier alpha value is -1.51. The van der Waals surface area contributed by atoms with Gasteiger partial charge in [0.2, 0.25) is 5.91 Å². The van der Waals surface area contributed by atoms with Gasteiger partial charge in [-0.15, -0.1) is 0 Å². The smallest absolute Gasteiger partial charge is 0.220 e. The Labute approximate surface area is 128 Å². The molecule has 1 amide bonds. The Bertz CT molecular complexity index is 478. The molecule has 21 heavy (non-hydrogen) atoms. The zero-order valence-corrected chi connectivity index (χ0v) is 13.6. The predicted molar refractivity (Wildman–Crippen MR) is 85.5 cm³/mol. The first kappa shape index (κ1) is 15.9. The fourth-order valence-corrected chi connectivity index (χ4v) is 3.26. The van der Waals surface area contributed by atoms with E-state index in [0.717, 1.165) is 25.0 Å². The zero-order valence-electron chi connectivity index (χ0n) is 13.6.